The Morgan fingerprint density at radius 3 is 2.83 bits per heavy atom. The van der Waals surface area contributed by atoms with Gasteiger partial charge < -0.3 is 15.4 Å². The minimum atomic E-state index is -0.810. The third-order valence-corrected chi connectivity index (χ3v) is 2.91. The molecule has 0 atom stereocenters. The number of nitrogens with zero attached hydrogens (tertiary/aromatic N) is 2. The normalized spacial score (nSPS) is 11.3. The third-order valence-electron chi connectivity index (χ3n) is 2.91. The van der Waals surface area contributed by atoms with E-state index in [-0.39, 0.29) is 12.3 Å². The van der Waals surface area contributed by atoms with E-state index in [1.165, 1.54) is 0 Å². The maximum Gasteiger partial charge on any atom is 0.305 e. The number of aromatic nitrogens is 2. The molecule has 0 aliphatic rings. The monoisotopic (exact) mass is 247 g/mol. The van der Waals surface area contributed by atoms with Crippen LogP contribution in [-0.4, -0.2) is 20.6 Å². The summed E-state index contributed by atoms with van der Waals surface area (Å²) in [6.07, 6.45) is 0.0833. The molecular formula is C13H17N3O2. The van der Waals surface area contributed by atoms with Crippen molar-refractivity contribution in [2.45, 2.75) is 32.7 Å². The molecule has 18 heavy (non-hydrogen) atoms. The second-order valence-corrected chi connectivity index (χ2v) is 4.64. The van der Waals surface area contributed by atoms with E-state index in [0.717, 1.165) is 16.9 Å². The van der Waals surface area contributed by atoms with Gasteiger partial charge in [0.2, 0.25) is 0 Å². The van der Waals surface area contributed by atoms with Crippen LogP contribution in [0.25, 0.3) is 11.0 Å². The van der Waals surface area contributed by atoms with Crippen LogP contribution in [0.1, 0.15) is 32.0 Å². The van der Waals surface area contributed by atoms with E-state index in [1.54, 1.807) is 6.07 Å². The lowest BCUT2D eigenvalue weighted by molar-refractivity contribution is -0.137. The third kappa shape index (κ3) is 2.16. The van der Waals surface area contributed by atoms with Gasteiger partial charge in [0, 0.05) is 12.5 Å². The van der Waals surface area contributed by atoms with Gasteiger partial charge in [-0.15, -0.1) is 0 Å². The number of imidazole rings is 1. The lowest BCUT2D eigenvalue weighted by Crippen LogP contribution is -2.09. The molecule has 3 N–H and O–H groups in total. The number of benzene rings is 1. The largest absolute Gasteiger partial charge is 0.481 e. The zero-order valence-electron chi connectivity index (χ0n) is 10.6. The standard InChI is InChI=1S/C13H17N3O2/c1-8(2)13-15-12-9(14)4-3-5-10(12)16(13)7-6-11(17)18/h3-5,8H,6-7,14H2,1-2H3,(H,17,18). The number of carbonyl (C=O) groups is 1. The topological polar surface area (TPSA) is 81.1 Å². The first-order chi connectivity index (χ1) is 8.50. The highest BCUT2D eigenvalue weighted by atomic mass is 16.4. The number of rotatable bonds is 4. The molecule has 2 aromatic rings. The molecule has 1 heterocycles. The van der Waals surface area contributed by atoms with Crippen LogP contribution in [0.5, 0.6) is 0 Å². The van der Waals surface area contributed by atoms with Crippen molar-refractivity contribution < 1.29 is 9.90 Å². The number of aryl methyl sites for hydroxylation is 1. The molecule has 0 spiro atoms. The molecule has 0 unspecified atom stereocenters. The number of anilines is 1. The zero-order valence-corrected chi connectivity index (χ0v) is 10.6. The summed E-state index contributed by atoms with van der Waals surface area (Å²) in [5.41, 5.74) is 8.19. The number of carboxylic acids is 1. The Bertz CT molecular complexity index is 587. The summed E-state index contributed by atoms with van der Waals surface area (Å²) < 4.78 is 1.95. The lowest BCUT2D eigenvalue weighted by atomic mass is 10.2. The maximum absolute atomic E-state index is 10.7. The van der Waals surface area contributed by atoms with Gasteiger partial charge in [-0.2, -0.15) is 0 Å². The van der Waals surface area contributed by atoms with Gasteiger partial charge in [-0.3, -0.25) is 4.79 Å². The molecule has 0 radical (unpaired) electrons. The zero-order chi connectivity index (χ0) is 13.3. The van der Waals surface area contributed by atoms with Gasteiger partial charge in [0.25, 0.3) is 0 Å². The summed E-state index contributed by atoms with van der Waals surface area (Å²) in [4.78, 5) is 15.3. The Balaban J connectivity index is 2.55. The van der Waals surface area contributed by atoms with Crippen molar-refractivity contribution in [2.75, 3.05) is 5.73 Å². The molecule has 0 saturated heterocycles. The van der Waals surface area contributed by atoms with Crippen LogP contribution in [0.15, 0.2) is 18.2 Å². The smallest absolute Gasteiger partial charge is 0.305 e. The summed E-state index contributed by atoms with van der Waals surface area (Å²) in [7, 11) is 0. The molecule has 0 saturated carbocycles. The van der Waals surface area contributed by atoms with Crippen LogP contribution in [0.3, 0.4) is 0 Å². The van der Waals surface area contributed by atoms with E-state index in [0.29, 0.717) is 12.2 Å². The number of hydrogen-bond acceptors (Lipinski definition) is 3. The molecular weight excluding hydrogens is 230 g/mol. The Labute approximate surface area is 105 Å². The number of hydrogen-bond donors (Lipinski definition) is 2. The van der Waals surface area contributed by atoms with Crippen LogP contribution >= 0.6 is 0 Å². The first-order valence-electron chi connectivity index (χ1n) is 5.97. The Morgan fingerprint density at radius 2 is 2.22 bits per heavy atom. The van der Waals surface area contributed by atoms with E-state index < -0.39 is 5.97 Å². The van der Waals surface area contributed by atoms with Crippen LogP contribution in [-0.2, 0) is 11.3 Å². The molecule has 1 aromatic heterocycles. The van der Waals surface area contributed by atoms with Gasteiger partial charge in [0.05, 0.1) is 17.6 Å². The van der Waals surface area contributed by atoms with Gasteiger partial charge in [-0.05, 0) is 12.1 Å². The van der Waals surface area contributed by atoms with E-state index >= 15 is 0 Å². The summed E-state index contributed by atoms with van der Waals surface area (Å²) >= 11 is 0. The van der Waals surface area contributed by atoms with E-state index in [2.05, 4.69) is 4.98 Å². The summed E-state index contributed by atoms with van der Waals surface area (Å²) in [5, 5.41) is 8.81. The number of carboxylic acid groups (broad SMARTS) is 1. The minimum Gasteiger partial charge on any atom is -0.481 e. The van der Waals surface area contributed by atoms with E-state index in [4.69, 9.17) is 10.8 Å². The average Bonchev–Trinajstić information content (AvgIpc) is 2.66. The molecule has 2 rings (SSSR count). The maximum atomic E-state index is 10.7. The SMILES string of the molecule is CC(C)c1nc2c(N)cccc2n1CCC(=O)O. The van der Waals surface area contributed by atoms with Crippen molar-refractivity contribution in [1.29, 1.82) is 0 Å². The van der Waals surface area contributed by atoms with Gasteiger partial charge >= 0.3 is 5.97 Å². The molecule has 96 valence electrons. The van der Waals surface area contributed by atoms with Crippen molar-refractivity contribution in [2.24, 2.45) is 0 Å². The van der Waals surface area contributed by atoms with Crippen LogP contribution in [0.4, 0.5) is 5.69 Å². The number of aliphatic carboxylic acids is 1. The number of nitrogens with two attached hydrogens (primary N) is 1. The molecule has 1 aromatic carbocycles. The summed E-state index contributed by atoms with van der Waals surface area (Å²) in [6, 6.07) is 5.59. The minimum absolute atomic E-state index is 0.0833. The van der Waals surface area contributed by atoms with Crippen molar-refractivity contribution in [3.8, 4) is 0 Å². The number of nitrogen functional groups attached to an aromatic ring is 1. The molecule has 5 nitrogen and oxygen atoms in total. The first-order valence-corrected chi connectivity index (χ1v) is 5.97. The fraction of sp³-hybridized carbons (Fsp3) is 0.385. The number of fused-ring (bicyclic) bond motifs is 1. The molecule has 0 bridgehead atoms. The van der Waals surface area contributed by atoms with E-state index in [9.17, 15) is 4.79 Å². The Hall–Kier alpha value is -2.04. The first kappa shape index (κ1) is 12.4. The lowest BCUT2D eigenvalue weighted by Gasteiger charge is -2.09. The second kappa shape index (κ2) is 4.68. The Kier molecular flexibility index (Phi) is 3.23. The van der Waals surface area contributed by atoms with Crippen molar-refractivity contribution in [1.82, 2.24) is 9.55 Å². The van der Waals surface area contributed by atoms with Gasteiger partial charge in [-0.1, -0.05) is 19.9 Å². The second-order valence-electron chi connectivity index (χ2n) is 4.64. The average molecular weight is 247 g/mol. The van der Waals surface area contributed by atoms with Crippen LogP contribution in [0.2, 0.25) is 0 Å². The van der Waals surface area contributed by atoms with Crippen LogP contribution < -0.4 is 5.73 Å². The molecule has 0 amide bonds. The van der Waals surface area contributed by atoms with E-state index in [1.807, 2.05) is 30.5 Å². The van der Waals surface area contributed by atoms with Crippen molar-refractivity contribution in [3.05, 3.63) is 24.0 Å². The summed E-state index contributed by atoms with van der Waals surface area (Å²) in [6.45, 7) is 4.49. The number of para-hydroxylation sites is 1. The predicted octanol–water partition coefficient (Wildman–Crippen LogP) is 2.22. The molecule has 5 heteroatoms. The van der Waals surface area contributed by atoms with Gasteiger partial charge in [0.1, 0.15) is 11.3 Å². The van der Waals surface area contributed by atoms with Crippen molar-refractivity contribution in [3.63, 3.8) is 0 Å². The quantitative estimate of drug-likeness (QED) is 0.812. The fourth-order valence-electron chi connectivity index (χ4n) is 2.07. The molecule has 0 fully saturated rings. The van der Waals surface area contributed by atoms with Gasteiger partial charge in [0.15, 0.2) is 0 Å². The Morgan fingerprint density at radius 1 is 1.50 bits per heavy atom. The fourth-order valence-corrected chi connectivity index (χ4v) is 2.07. The molecule has 0 aliphatic carbocycles. The highest BCUT2D eigenvalue weighted by Gasteiger charge is 2.15. The van der Waals surface area contributed by atoms with Crippen LogP contribution in [0, 0.1) is 0 Å². The highest BCUT2D eigenvalue weighted by Crippen LogP contribution is 2.25. The van der Waals surface area contributed by atoms with Gasteiger partial charge in [-0.25, -0.2) is 4.98 Å². The molecule has 0 aliphatic heterocycles. The predicted molar refractivity (Wildman–Crippen MR) is 70.5 cm³/mol. The van der Waals surface area contributed by atoms with Crippen molar-refractivity contribution >= 4 is 22.7 Å². The highest BCUT2D eigenvalue weighted by molar-refractivity contribution is 5.87. The summed E-state index contributed by atoms with van der Waals surface area (Å²) in [5.74, 6) is 0.296.